The van der Waals surface area contributed by atoms with Crippen molar-refractivity contribution < 1.29 is 23.8 Å². The van der Waals surface area contributed by atoms with E-state index in [1.807, 2.05) is 13.0 Å². The van der Waals surface area contributed by atoms with Crippen LogP contribution in [-0.2, 0) is 19.1 Å². The highest BCUT2D eigenvalue weighted by atomic mass is 16.5. The predicted molar refractivity (Wildman–Crippen MR) is 104 cm³/mol. The Kier molecular flexibility index (Phi) is 7.84. The minimum atomic E-state index is -0.663. The monoisotopic (exact) mass is 387 g/mol. The number of hydrogen-bond acceptors (Lipinski definition) is 7. The number of nitriles is 1. The lowest BCUT2D eigenvalue weighted by atomic mass is 10.1. The first-order valence-corrected chi connectivity index (χ1v) is 9.21. The van der Waals surface area contributed by atoms with Gasteiger partial charge >= 0.3 is 5.97 Å². The van der Waals surface area contributed by atoms with Crippen molar-refractivity contribution >= 4 is 23.3 Å². The molecule has 150 valence electrons. The normalized spacial score (nSPS) is 16.6. The molecule has 8 nitrogen and oxygen atoms in total. The highest BCUT2D eigenvalue weighted by Gasteiger charge is 2.20. The molecule has 1 atom stereocenters. The number of nitrogens with one attached hydrogen (secondary N) is 2. The number of carbonyl (C=O) groups excluding carboxylic acids is 2. The van der Waals surface area contributed by atoms with Gasteiger partial charge in [-0.25, -0.2) is 4.79 Å². The minimum absolute atomic E-state index is 0.0676. The van der Waals surface area contributed by atoms with Gasteiger partial charge in [0.2, 0.25) is 5.91 Å². The number of rotatable bonds is 8. The minimum Gasteiger partial charge on any atom is -0.486 e. The zero-order valence-electron chi connectivity index (χ0n) is 16.3. The lowest BCUT2D eigenvalue weighted by Crippen LogP contribution is -2.18. The molecule has 1 aliphatic rings. The van der Waals surface area contributed by atoms with Crippen molar-refractivity contribution in [2.24, 2.45) is 0 Å². The average Bonchev–Trinajstić information content (AvgIpc) is 3.16. The molecule has 0 bridgehead atoms. The Bertz CT molecular complexity index is 792. The molecule has 0 radical (unpaired) electrons. The fourth-order valence-corrected chi connectivity index (χ4v) is 2.72. The van der Waals surface area contributed by atoms with Crippen LogP contribution in [0.1, 0.15) is 33.6 Å². The Balaban J connectivity index is 2.31. The molecule has 0 unspecified atom stereocenters. The first-order valence-electron chi connectivity index (χ1n) is 9.21. The number of anilines is 2. The average molecular weight is 387 g/mol. The summed E-state index contributed by atoms with van der Waals surface area (Å²) in [6.07, 6.45) is 1.10. The number of esters is 1. The summed E-state index contributed by atoms with van der Waals surface area (Å²) in [5.41, 5.74) is 1.54. The van der Waals surface area contributed by atoms with Gasteiger partial charge < -0.3 is 24.8 Å². The topological polar surface area (TPSA) is 110 Å². The molecule has 1 aromatic carbocycles. The summed E-state index contributed by atoms with van der Waals surface area (Å²) in [7, 11) is 0. The van der Waals surface area contributed by atoms with Crippen molar-refractivity contribution in [2.45, 2.75) is 39.7 Å². The summed E-state index contributed by atoms with van der Waals surface area (Å²) in [6.45, 7) is 6.24. The lowest BCUT2D eigenvalue weighted by Gasteiger charge is -2.18. The Labute approximate surface area is 164 Å². The van der Waals surface area contributed by atoms with Crippen LogP contribution in [0, 0.1) is 11.3 Å². The molecule has 1 aliphatic heterocycles. The number of benzene rings is 1. The Morgan fingerprint density at radius 2 is 2.11 bits per heavy atom. The van der Waals surface area contributed by atoms with Crippen molar-refractivity contribution in [1.82, 2.24) is 0 Å². The fourth-order valence-electron chi connectivity index (χ4n) is 2.72. The number of nitrogens with zero attached hydrogens (tertiary/aromatic N) is 1. The van der Waals surface area contributed by atoms with E-state index in [-0.39, 0.29) is 24.2 Å². The van der Waals surface area contributed by atoms with Gasteiger partial charge in [-0.3, -0.25) is 4.79 Å². The summed E-state index contributed by atoms with van der Waals surface area (Å²) < 4.78 is 16.3. The van der Waals surface area contributed by atoms with E-state index < -0.39 is 5.97 Å². The Morgan fingerprint density at radius 3 is 2.68 bits per heavy atom. The molecule has 28 heavy (non-hydrogen) atoms. The van der Waals surface area contributed by atoms with Gasteiger partial charge in [0.15, 0.2) is 5.57 Å². The summed E-state index contributed by atoms with van der Waals surface area (Å²) in [4.78, 5) is 23.5. The summed E-state index contributed by atoms with van der Waals surface area (Å²) >= 11 is 0. The van der Waals surface area contributed by atoms with E-state index in [0.717, 1.165) is 6.42 Å². The van der Waals surface area contributed by atoms with Crippen molar-refractivity contribution in [3.8, 4) is 11.8 Å². The van der Waals surface area contributed by atoms with E-state index >= 15 is 0 Å². The molecule has 1 fully saturated rings. The highest BCUT2D eigenvalue weighted by molar-refractivity contribution is 5.94. The van der Waals surface area contributed by atoms with E-state index in [9.17, 15) is 14.9 Å². The number of carbonyl (C=O) groups is 2. The second-order valence-electron chi connectivity index (χ2n) is 6.16. The SMILES string of the molecule is CCOC(=O)/C(C#N)=C(/CC)Nc1ccc(NC(C)=O)c(O[C@@H]2CCOC2)c1. The van der Waals surface area contributed by atoms with Crippen molar-refractivity contribution in [1.29, 1.82) is 5.26 Å². The third-order valence-electron chi connectivity index (χ3n) is 4.02. The quantitative estimate of drug-likeness (QED) is 0.401. The zero-order chi connectivity index (χ0) is 20.5. The van der Waals surface area contributed by atoms with Crippen LogP contribution in [0.15, 0.2) is 29.5 Å². The number of amides is 1. The molecular weight excluding hydrogens is 362 g/mol. The molecule has 0 aliphatic carbocycles. The summed E-state index contributed by atoms with van der Waals surface area (Å²) in [5.74, 6) is -0.388. The van der Waals surface area contributed by atoms with Crippen LogP contribution in [-0.4, -0.2) is 37.8 Å². The van der Waals surface area contributed by atoms with Crippen LogP contribution < -0.4 is 15.4 Å². The summed E-state index contributed by atoms with van der Waals surface area (Å²) in [5, 5.41) is 15.2. The molecule has 0 spiro atoms. The van der Waals surface area contributed by atoms with Gasteiger partial charge in [0, 0.05) is 30.8 Å². The first-order chi connectivity index (χ1) is 13.5. The van der Waals surface area contributed by atoms with E-state index in [1.54, 1.807) is 25.1 Å². The van der Waals surface area contributed by atoms with Crippen LogP contribution in [0.5, 0.6) is 5.75 Å². The number of ether oxygens (including phenoxy) is 3. The molecule has 0 aromatic heterocycles. The van der Waals surface area contributed by atoms with Crippen LogP contribution in [0.25, 0.3) is 0 Å². The molecule has 8 heteroatoms. The first kappa shape index (κ1) is 21.3. The summed E-state index contributed by atoms with van der Waals surface area (Å²) in [6, 6.07) is 7.07. The van der Waals surface area contributed by atoms with E-state index in [4.69, 9.17) is 14.2 Å². The third-order valence-corrected chi connectivity index (χ3v) is 4.02. The van der Waals surface area contributed by atoms with Crippen LogP contribution in [0.3, 0.4) is 0 Å². The zero-order valence-corrected chi connectivity index (χ0v) is 16.3. The van der Waals surface area contributed by atoms with Gasteiger partial charge in [0.1, 0.15) is 17.9 Å². The molecule has 0 saturated carbocycles. The molecular formula is C20H25N3O5. The molecule has 1 heterocycles. The maximum atomic E-state index is 12.0. The highest BCUT2D eigenvalue weighted by Crippen LogP contribution is 2.31. The second kappa shape index (κ2) is 10.3. The largest absolute Gasteiger partial charge is 0.486 e. The van der Waals surface area contributed by atoms with Gasteiger partial charge in [0.25, 0.3) is 0 Å². The van der Waals surface area contributed by atoms with Crippen LogP contribution >= 0.6 is 0 Å². The molecule has 1 aromatic rings. The van der Waals surface area contributed by atoms with Crippen molar-refractivity contribution in [2.75, 3.05) is 30.5 Å². The second-order valence-corrected chi connectivity index (χ2v) is 6.16. The van der Waals surface area contributed by atoms with Crippen molar-refractivity contribution in [3.05, 3.63) is 29.5 Å². The number of allylic oxidation sites excluding steroid dienone is 1. The maximum Gasteiger partial charge on any atom is 0.350 e. The third kappa shape index (κ3) is 5.72. The van der Waals surface area contributed by atoms with Crippen LogP contribution in [0.2, 0.25) is 0 Å². The molecule has 1 amide bonds. The molecule has 1 saturated heterocycles. The van der Waals surface area contributed by atoms with Crippen LogP contribution in [0.4, 0.5) is 11.4 Å². The number of hydrogen-bond donors (Lipinski definition) is 2. The van der Waals surface area contributed by atoms with E-state index in [1.165, 1.54) is 6.92 Å². The van der Waals surface area contributed by atoms with Gasteiger partial charge in [-0.05, 0) is 25.5 Å². The fraction of sp³-hybridized carbons (Fsp3) is 0.450. The van der Waals surface area contributed by atoms with Gasteiger partial charge in [-0.1, -0.05) is 6.92 Å². The standard InChI is InChI=1S/C20H25N3O5/c1-4-17(16(11-21)20(25)27-5-2)23-14-6-7-18(22-13(3)24)19(10-14)28-15-8-9-26-12-15/h6-7,10,15,23H,4-5,8-9,12H2,1-3H3,(H,22,24)/b17-16-/t15-/m1/s1. The Morgan fingerprint density at radius 1 is 1.32 bits per heavy atom. The van der Waals surface area contributed by atoms with Gasteiger partial charge in [-0.2, -0.15) is 5.26 Å². The molecule has 2 N–H and O–H groups in total. The maximum absolute atomic E-state index is 12.0. The van der Waals surface area contributed by atoms with E-state index in [0.29, 0.717) is 42.5 Å². The van der Waals surface area contributed by atoms with Gasteiger partial charge in [-0.15, -0.1) is 0 Å². The smallest absolute Gasteiger partial charge is 0.350 e. The predicted octanol–water partition coefficient (Wildman–Crippen LogP) is 2.98. The Hall–Kier alpha value is -3.05. The molecule has 2 rings (SSSR count). The van der Waals surface area contributed by atoms with E-state index in [2.05, 4.69) is 10.6 Å². The van der Waals surface area contributed by atoms with Gasteiger partial charge in [0.05, 0.1) is 25.5 Å². The van der Waals surface area contributed by atoms with Crippen molar-refractivity contribution in [3.63, 3.8) is 0 Å². The lowest BCUT2D eigenvalue weighted by molar-refractivity contribution is -0.138.